The molecule has 0 bridgehead atoms. The Hall–Kier alpha value is -10.8. The second-order valence-corrected chi connectivity index (χ2v) is 23.4. The Kier molecular flexibility index (Phi) is 17.0. The molecule has 0 saturated carbocycles. The summed E-state index contributed by atoms with van der Waals surface area (Å²) in [6, 6.07) is 134. The number of rotatable bonds is 11. The first-order valence-corrected chi connectivity index (χ1v) is 31.2. The maximum absolute atomic E-state index is 3.59. The molecule has 0 aliphatic heterocycles. The Morgan fingerprint density at radius 3 is 0.867 bits per heavy atom. The van der Waals surface area contributed by atoms with Gasteiger partial charge in [-0.3, -0.25) is 0 Å². The van der Waals surface area contributed by atoms with E-state index >= 15 is 0 Å². The summed E-state index contributed by atoms with van der Waals surface area (Å²) in [5.41, 5.74) is 25.6. The summed E-state index contributed by atoms with van der Waals surface area (Å²) < 4.78 is 1.10. The Morgan fingerprint density at radius 1 is 0.222 bits per heavy atom. The summed E-state index contributed by atoms with van der Waals surface area (Å²) in [6.07, 6.45) is 0. The van der Waals surface area contributed by atoms with Crippen LogP contribution in [-0.4, -0.2) is 0 Å². The van der Waals surface area contributed by atoms with Gasteiger partial charge in [0, 0.05) is 32.9 Å². The second kappa shape index (κ2) is 26.2. The van der Waals surface area contributed by atoms with Crippen LogP contribution in [0.1, 0.15) is 51.9 Å². The number of halogens is 1. The minimum Gasteiger partial charge on any atom is -0.356 e. The average molecular weight is 1220 g/mol. The highest BCUT2D eigenvalue weighted by molar-refractivity contribution is 9.10. The first kappa shape index (κ1) is 58.2. The summed E-state index contributed by atoms with van der Waals surface area (Å²) >= 11 is 3.59. The quantitative estimate of drug-likeness (QED) is 0.139. The van der Waals surface area contributed by atoms with Gasteiger partial charge in [0.05, 0.1) is 10.8 Å². The van der Waals surface area contributed by atoms with E-state index < -0.39 is 5.41 Å². The summed E-state index contributed by atoms with van der Waals surface area (Å²) in [5, 5.41) is 3.38. The predicted molar refractivity (Wildman–Crippen MR) is 384 cm³/mol. The van der Waals surface area contributed by atoms with Crippen LogP contribution in [0.5, 0.6) is 0 Å². The van der Waals surface area contributed by atoms with E-state index in [4.69, 9.17) is 0 Å². The molecule has 90 heavy (non-hydrogen) atoms. The van der Waals surface area contributed by atoms with Gasteiger partial charge in [-0.05, 0) is 162 Å². The molecule has 0 fully saturated rings. The lowest BCUT2D eigenvalue weighted by Crippen LogP contribution is -2.28. The molecular formula is C87H67BrN2. The number of para-hydroxylation sites is 2. The van der Waals surface area contributed by atoms with Crippen molar-refractivity contribution in [2.45, 2.75) is 18.3 Å². The van der Waals surface area contributed by atoms with Crippen molar-refractivity contribution in [1.82, 2.24) is 0 Å². The highest BCUT2D eigenvalue weighted by atomic mass is 79.9. The van der Waals surface area contributed by atoms with E-state index in [1.165, 1.54) is 89.0 Å². The zero-order valence-corrected chi connectivity index (χ0v) is 50.7. The summed E-state index contributed by atoms with van der Waals surface area (Å²) in [7, 11) is 0. The standard InChI is InChI=1S/C43H31N.C25H17Br.C18H15N.CH4/c1-4-14-32(15-5-1)33-24-28-37(29-25-33)44(36-18-8-3-9-19-36)38-30-26-35(27-31-38)43(34-16-6-2-7-17-34)41-22-12-10-20-39(41)40-21-11-13-23-42(40)43;26-20-16-14-19(15-17-20)25(18-8-2-1-3-9-18)23-12-6-4-10-21(23)22-11-5-7-13-24(22)25;1-3-7-15(8-4-1)16-11-13-18(14-12-16)19-17-9-5-2-6-10-17;/h1-31H;1-17H;1-14,19H;1H4. The summed E-state index contributed by atoms with van der Waals surface area (Å²) in [6.45, 7) is 0. The monoisotopic (exact) mass is 1220 g/mol. The molecule has 0 unspecified atom stereocenters. The Balaban J connectivity index is 0.000000136. The molecule has 3 heteroatoms. The van der Waals surface area contributed by atoms with Gasteiger partial charge < -0.3 is 10.2 Å². The van der Waals surface area contributed by atoms with Crippen molar-refractivity contribution in [2.75, 3.05) is 10.2 Å². The van der Waals surface area contributed by atoms with Crippen molar-refractivity contribution in [3.05, 3.63) is 425 Å². The van der Waals surface area contributed by atoms with E-state index in [2.05, 4.69) is 378 Å². The van der Waals surface area contributed by atoms with Gasteiger partial charge in [-0.25, -0.2) is 0 Å². The van der Waals surface area contributed by atoms with Gasteiger partial charge in [0.25, 0.3) is 0 Å². The fourth-order valence-electron chi connectivity index (χ4n) is 13.5. The fourth-order valence-corrected chi connectivity index (χ4v) is 13.8. The van der Waals surface area contributed by atoms with E-state index in [1.807, 2.05) is 24.3 Å². The maximum atomic E-state index is 3.59. The molecular weight excluding hydrogens is 1150 g/mol. The average Bonchev–Trinajstić information content (AvgIpc) is 1.55. The largest absolute Gasteiger partial charge is 0.356 e. The highest BCUT2D eigenvalue weighted by Crippen LogP contribution is 2.58. The molecule has 2 aliphatic carbocycles. The van der Waals surface area contributed by atoms with Gasteiger partial charge >= 0.3 is 0 Å². The van der Waals surface area contributed by atoms with Gasteiger partial charge in [0.15, 0.2) is 0 Å². The molecule has 0 spiro atoms. The number of anilines is 5. The van der Waals surface area contributed by atoms with Crippen LogP contribution in [0.3, 0.4) is 0 Å². The zero-order chi connectivity index (χ0) is 59.8. The van der Waals surface area contributed by atoms with Crippen LogP contribution in [0.2, 0.25) is 0 Å². The number of hydrogen-bond donors (Lipinski definition) is 1. The maximum Gasteiger partial charge on any atom is 0.0713 e. The molecule has 14 aromatic carbocycles. The topological polar surface area (TPSA) is 15.3 Å². The molecule has 14 aromatic rings. The van der Waals surface area contributed by atoms with Crippen LogP contribution < -0.4 is 10.2 Å². The first-order chi connectivity index (χ1) is 44.1. The molecule has 0 atom stereocenters. The zero-order valence-electron chi connectivity index (χ0n) is 49.1. The number of hydrogen-bond acceptors (Lipinski definition) is 2. The number of fused-ring (bicyclic) bond motifs is 6. The van der Waals surface area contributed by atoms with E-state index in [9.17, 15) is 0 Å². The van der Waals surface area contributed by atoms with Crippen LogP contribution in [0, 0.1) is 0 Å². The van der Waals surface area contributed by atoms with Crippen LogP contribution in [0.25, 0.3) is 44.5 Å². The number of benzene rings is 14. The molecule has 0 heterocycles. The lowest BCUT2D eigenvalue weighted by Gasteiger charge is -2.34. The van der Waals surface area contributed by atoms with Crippen molar-refractivity contribution in [3.8, 4) is 44.5 Å². The minimum atomic E-state index is -0.401. The highest BCUT2D eigenvalue weighted by Gasteiger charge is 2.47. The molecule has 0 aromatic heterocycles. The predicted octanol–water partition coefficient (Wildman–Crippen LogP) is 23.7. The van der Waals surface area contributed by atoms with Crippen LogP contribution >= 0.6 is 15.9 Å². The van der Waals surface area contributed by atoms with Crippen LogP contribution in [0.15, 0.2) is 381 Å². The first-order valence-electron chi connectivity index (χ1n) is 30.4. The normalized spacial score (nSPS) is 12.4. The van der Waals surface area contributed by atoms with Gasteiger partial charge in [-0.1, -0.05) is 327 Å². The molecule has 0 radical (unpaired) electrons. The van der Waals surface area contributed by atoms with Crippen molar-refractivity contribution < 1.29 is 0 Å². The molecule has 0 amide bonds. The van der Waals surface area contributed by atoms with E-state index in [0.717, 1.165) is 32.9 Å². The van der Waals surface area contributed by atoms with Crippen molar-refractivity contribution in [2.24, 2.45) is 0 Å². The van der Waals surface area contributed by atoms with Gasteiger partial charge in [0.1, 0.15) is 0 Å². The van der Waals surface area contributed by atoms with Crippen LogP contribution in [0.4, 0.5) is 28.4 Å². The Morgan fingerprint density at radius 2 is 0.478 bits per heavy atom. The fraction of sp³-hybridized carbons (Fsp3) is 0.0345. The number of nitrogens with zero attached hydrogens (tertiary/aromatic N) is 1. The number of nitrogens with one attached hydrogen (secondary N) is 1. The van der Waals surface area contributed by atoms with Crippen molar-refractivity contribution in [3.63, 3.8) is 0 Å². The lowest BCUT2D eigenvalue weighted by molar-refractivity contribution is 0.768. The lowest BCUT2D eigenvalue weighted by atomic mass is 9.68. The van der Waals surface area contributed by atoms with E-state index in [1.54, 1.807) is 0 Å². The minimum absolute atomic E-state index is 0. The molecule has 0 saturated heterocycles. The third kappa shape index (κ3) is 11.1. The third-order valence-electron chi connectivity index (χ3n) is 17.5. The molecule has 2 nitrogen and oxygen atoms in total. The summed E-state index contributed by atoms with van der Waals surface area (Å²) in [5.74, 6) is 0. The molecule has 432 valence electrons. The second-order valence-electron chi connectivity index (χ2n) is 22.5. The molecule has 2 aliphatic rings. The third-order valence-corrected chi connectivity index (χ3v) is 18.0. The SMILES string of the molecule is Brc1ccc(C2(c3ccccc3)c3ccccc3-c3ccccc32)cc1.C.c1ccc(-c2ccc(N(c3ccccc3)c3ccc(C4(c5ccccc5)c5ccccc5-c5ccccc54)cc3)cc2)cc1.c1ccc(Nc2ccc(-c3ccccc3)cc2)cc1. The van der Waals surface area contributed by atoms with Gasteiger partial charge in [-0.15, -0.1) is 0 Å². The smallest absolute Gasteiger partial charge is 0.0713 e. The van der Waals surface area contributed by atoms with E-state index in [-0.39, 0.29) is 12.8 Å². The molecule has 1 N–H and O–H groups in total. The molecule has 16 rings (SSSR count). The van der Waals surface area contributed by atoms with Gasteiger partial charge in [-0.2, -0.15) is 0 Å². The Bertz CT molecular complexity index is 4540. The Labute approximate surface area is 538 Å². The summed E-state index contributed by atoms with van der Waals surface area (Å²) in [4.78, 5) is 2.34. The van der Waals surface area contributed by atoms with Crippen molar-refractivity contribution >= 4 is 44.4 Å². The van der Waals surface area contributed by atoms with E-state index in [0.29, 0.717) is 0 Å². The van der Waals surface area contributed by atoms with Crippen molar-refractivity contribution in [1.29, 1.82) is 0 Å². The van der Waals surface area contributed by atoms with Crippen LogP contribution in [-0.2, 0) is 10.8 Å². The van der Waals surface area contributed by atoms with Gasteiger partial charge in [0.2, 0.25) is 0 Å².